The van der Waals surface area contributed by atoms with Gasteiger partial charge in [-0.15, -0.1) is 0 Å². The Labute approximate surface area is 61.4 Å². The quantitative estimate of drug-likeness (QED) is 0.409. The normalized spacial score (nSPS) is 4.33. The fourth-order valence-corrected chi connectivity index (χ4v) is 0. The third-order valence-electron chi connectivity index (χ3n) is 0. The molecule has 0 N–H and O–H groups in total. The minimum absolute atomic E-state index is 0. The number of ketones is 1. The van der Waals surface area contributed by atoms with Crippen molar-refractivity contribution >= 4 is 35.3 Å². The molecule has 0 aromatic heterocycles. The predicted molar refractivity (Wildman–Crippen MR) is 28.8 cm³/mol. The zero-order valence-corrected chi connectivity index (χ0v) is 5.91. The monoisotopic (exact) mass is 97.1 g/mol. The zero-order valence-electron chi connectivity index (χ0n) is 3.91. The molecule has 0 bridgehead atoms. The van der Waals surface area contributed by atoms with Crippen LogP contribution in [-0.4, -0.2) is 35.3 Å². The first-order valence-electron chi connectivity index (χ1n) is 1.20. The molecule has 0 heterocycles. The second-order valence-electron chi connectivity index (χ2n) is 0.908. The van der Waals surface area contributed by atoms with Crippen molar-refractivity contribution < 1.29 is 4.79 Å². The zero-order chi connectivity index (χ0) is 3.58. The van der Waals surface area contributed by atoms with Gasteiger partial charge in [0.1, 0.15) is 5.78 Å². The molecule has 0 unspecified atom stereocenters. The molecular formula is C4H10NaO. The van der Waals surface area contributed by atoms with E-state index >= 15 is 0 Å². The predicted octanol–water partition coefficient (Wildman–Crippen LogP) is 0.851. The molecule has 0 fully saturated rings. The van der Waals surface area contributed by atoms with Crippen molar-refractivity contribution in [3.05, 3.63) is 0 Å². The van der Waals surface area contributed by atoms with Gasteiger partial charge in [0.25, 0.3) is 0 Å². The van der Waals surface area contributed by atoms with Gasteiger partial charge in [-0.1, -0.05) is 7.43 Å². The molecular weight excluding hydrogens is 87.0 g/mol. The summed E-state index contributed by atoms with van der Waals surface area (Å²) in [4.78, 5) is 9.44. The molecule has 0 aromatic rings. The van der Waals surface area contributed by atoms with Crippen LogP contribution in [-0.2, 0) is 4.79 Å². The number of carbonyl (C=O) groups is 1. The molecule has 0 atom stereocenters. The van der Waals surface area contributed by atoms with Gasteiger partial charge >= 0.3 is 0 Å². The van der Waals surface area contributed by atoms with E-state index in [1.807, 2.05) is 0 Å². The number of hydrogen-bond donors (Lipinski definition) is 0. The van der Waals surface area contributed by atoms with Crippen LogP contribution in [0.5, 0.6) is 0 Å². The topological polar surface area (TPSA) is 17.1 Å². The van der Waals surface area contributed by atoms with E-state index in [1.54, 1.807) is 0 Å². The van der Waals surface area contributed by atoms with E-state index in [1.165, 1.54) is 13.8 Å². The summed E-state index contributed by atoms with van der Waals surface area (Å²) in [5.74, 6) is 0.167. The van der Waals surface area contributed by atoms with Crippen molar-refractivity contribution in [2.45, 2.75) is 21.3 Å². The average Bonchev–Trinajstić information content (AvgIpc) is 0.811. The van der Waals surface area contributed by atoms with Crippen molar-refractivity contribution in [2.75, 3.05) is 0 Å². The number of Topliss-reactive ketones (excluding diaryl/α,β-unsaturated/α-hetero) is 1. The SMILES string of the molecule is C.CC(C)=O.[Na]. The Morgan fingerprint density at radius 3 is 1.33 bits per heavy atom. The molecule has 6 heavy (non-hydrogen) atoms. The number of rotatable bonds is 0. The molecule has 0 rings (SSSR count). The van der Waals surface area contributed by atoms with Gasteiger partial charge in [-0.05, 0) is 13.8 Å². The summed E-state index contributed by atoms with van der Waals surface area (Å²) in [5, 5.41) is 0. The second kappa shape index (κ2) is 9.18. The Hall–Kier alpha value is 0.670. The molecule has 0 saturated carbocycles. The van der Waals surface area contributed by atoms with Gasteiger partial charge in [-0.25, -0.2) is 0 Å². The van der Waals surface area contributed by atoms with Crippen LogP contribution in [0.3, 0.4) is 0 Å². The molecule has 33 valence electrons. The van der Waals surface area contributed by atoms with Crippen LogP contribution in [0, 0.1) is 0 Å². The third kappa shape index (κ3) is 140. The molecule has 0 aliphatic rings. The van der Waals surface area contributed by atoms with Gasteiger partial charge in [0, 0.05) is 29.6 Å². The first kappa shape index (κ1) is 15.9. The average molecular weight is 97.1 g/mol. The Morgan fingerprint density at radius 1 is 1.33 bits per heavy atom. The molecule has 0 aliphatic carbocycles. The van der Waals surface area contributed by atoms with Crippen LogP contribution in [0.2, 0.25) is 0 Å². The van der Waals surface area contributed by atoms with E-state index in [0.29, 0.717) is 0 Å². The molecule has 1 radical (unpaired) electrons. The summed E-state index contributed by atoms with van der Waals surface area (Å²) in [6, 6.07) is 0. The van der Waals surface area contributed by atoms with Gasteiger partial charge in [-0.2, -0.15) is 0 Å². The van der Waals surface area contributed by atoms with Gasteiger partial charge < -0.3 is 4.79 Å². The third-order valence-corrected chi connectivity index (χ3v) is 0. The number of hydrogen-bond acceptors (Lipinski definition) is 1. The summed E-state index contributed by atoms with van der Waals surface area (Å²) < 4.78 is 0. The van der Waals surface area contributed by atoms with Crippen molar-refractivity contribution in [1.29, 1.82) is 0 Å². The van der Waals surface area contributed by atoms with E-state index in [-0.39, 0.29) is 42.8 Å². The standard InChI is InChI=1S/C3H6O.CH4.Na/c1-3(2)4;;/h1-2H3;1H4;. The second-order valence-corrected chi connectivity index (χ2v) is 0.908. The van der Waals surface area contributed by atoms with Crippen LogP contribution < -0.4 is 0 Å². The summed E-state index contributed by atoms with van der Waals surface area (Å²) in [5.41, 5.74) is 0. The van der Waals surface area contributed by atoms with Crippen molar-refractivity contribution in [3.63, 3.8) is 0 Å². The van der Waals surface area contributed by atoms with Gasteiger partial charge in [0.05, 0.1) is 0 Å². The Morgan fingerprint density at radius 2 is 1.33 bits per heavy atom. The van der Waals surface area contributed by atoms with E-state index in [9.17, 15) is 4.79 Å². The molecule has 1 nitrogen and oxygen atoms in total. The molecule has 0 spiro atoms. The van der Waals surface area contributed by atoms with Crippen LogP contribution in [0.4, 0.5) is 0 Å². The van der Waals surface area contributed by atoms with Crippen molar-refractivity contribution in [1.82, 2.24) is 0 Å². The first-order valence-corrected chi connectivity index (χ1v) is 1.20. The molecule has 0 amide bonds. The summed E-state index contributed by atoms with van der Waals surface area (Å²) in [6.07, 6.45) is 0. The fraction of sp³-hybridized carbons (Fsp3) is 0.750. The Balaban J connectivity index is -0.0000000450. The molecule has 0 aliphatic heterocycles. The first-order chi connectivity index (χ1) is 1.73. The maximum atomic E-state index is 9.44. The van der Waals surface area contributed by atoms with E-state index in [4.69, 9.17) is 0 Å². The smallest absolute Gasteiger partial charge is 0.126 e. The largest absolute Gasteiger partial charge is 0.300 e. The molecule has 0 aromatic carbocycles. The molecule has 2 heteroatoms. The summed E-state index contributed by atoms with van der Waals surface area (Å²) in [6.45, 7) is 3.06. The van der Waals surface area contributed by atoms with Crippen LogP contribution in [0.1, 0.15) is 21.3 Å². The fourth-order valence-electron chi connectivity index (χ4n) is 0. The summed E-state index contributed by atoms with van der Waals surface area (Å²) >= 11 is 0. The van der Waals surface area contributed by atoms with E-state index in [0.717, 1.165) is 0 Å². The maximum absolute atomic E-state index is 9.44. The Bertz CT molecular complexity index is 30.5. The minimum Gasteiger partial charge on any atom is -0.300 e. The summed E-state index contributed by atoms with van der Waals surface area (Å²) in [7, 11) is 0. The van der Waals surface area contributed by atoms with E-state index in [2.05, 4.69) is 0 Å². The van der Waals surface area contributed by atoms with Gasteiger partial charge in [-0.3, -0.25) is 0 Å². The van der Waals surface area contributed by atoms with Crippen molar-refractivity contribution in [3.8, 4) is 0 Å². The van der Waals surface area contributed by atoms with E-state index < -0.39 is 0 Å². The van der Waals surface area contributed by atoms with Gasteiger partial charge in [0.2, 0.25) is 0 Å². The van der Waals surface area contributed by atoms with Crippen molar-refractivity contribution in [2.24, 2.45) is 0 Å². The minimum atomic E-state index is 0. The van der Waals surface area contributed by atoms with Crippen LogP contribution in [0.25, 0.3) is 0 Å². The maximum Gasteiger partial charge on any atom is 0.126 e. The van der Waals surface area contributed by atoms with Crippen LogP contribution >= 0.6 is 0 Å². The van der Waals surface area contributed by atoms with Crippen LogP contribution in [0.15, 0.2) is 0 Å². The number of carbonyl (C=O) groups excluding carboxylic acids is 1. The molecule has 0 saturated heterocycles. The van der Waals surface area contributed by atoms with Gasteiger partial charge in [0.15, 0.2) is 0 Å². The Kier molecular flexibility index (Phi) is 24.4.